The summed E-state index contributed by atoms with van der Waals surface area (Å²) in [4.78, 5) is 4.72. The van der Waals surface area contributed by atoms with Crippen molar-refractivity contribution >= 4 is 34.1 Å². The summed E-state index contributed by atoms with van der Waals surface area (Å²) in [6, 6.07) is 23.0. The summed E-state index contributed by atoms with van der Waals surface area (Å²) < 4.78 is 14.2. The van der Waals surface area contributed by atoms with Crippen molar-refractivity contribution in [3.8, 4) is 10.4 Å². The topological polar surface area (TPSA) is 20.3 Å². The van der Waals surface area contributed by atoms with Gasteiger partial charge in [-0.25, -0.2) is 4.31 Å². The Bertz CT molecular complexity index is 889. The Labute approximate surface area is 173 Å². The van der Waals surface area contributed by atoms with Crippen LogP contribution in [0.2, 0.25) is 0 Å². The van der Waals surface area contributed by atoms with Crippen LogP contribution in [-0.2, 0) is 17.3 Å². The zero-order valence-electron chi connectivity index (χ0n) is 15.9. The molecule has 0 N–H and O–H groups in total. The van der Waals surface area contributed by atoms with Crippen molar-refractivity contribution in [2.24, 2.45) is 5.92 Å². The van der Waals surface area contributed by atoms with Crippen LogP contribution in [0.1, 0.15) is 18.7 Å². The molecule has 1 heterocycles. The van der Waals surface area contributed by atoms with Crippen molar-refractivity contribution in [2.45, 2.75) is 30.2 Å². The van der Waals surface area contributed by atoms with E-state index in [1.165, 1.54) is 14.6 Å². The highest BCUT2D eigenvalue weighted by atomic mass is 32.2. The van der Waals surface area contributed by atoms with E-state index in [0.29, 0.717) is 5.92 Å². The van der Waals surface area contributed by atoms with Crippen LogP contribution >= 0.6 is 23.3 Å². The Morgan fingerprint density at radius 1 is 1.04 bits per heavy atom. The molecular weight excluding hydrogens is 390 g/mol. The van der Waals surface area contributed by atoms with E-state index in [1.54, 1.807) is 6.26 Å². The Balaban J connectivity index is 1.75. The predicted octanol–water partition coefficient (Wildman–Crippen LogP) is 6.32. The van der Waals surface area contributed by atoms with Crippen molar-refractivity contribution in [1.82, 2.24) is 4.31 Å². The molecule has 0 saturated carbocycles. The first-order chi connectivity index (χ1) is 13.0. The summed E-state index contributed by atoms with van der Waals surface area (Å²) in [5.41, 5.74) is 1.14. The van der Waals surface area contributed by atoms with E-state index in [-0.39, 0.29) is 0 Å². The molecule has 0 aliphatic rings. The number of rotatable bonds is 8. The second-order valence-electron chi connectivity index (χ2n) is 6.87. The minimum Gasteiger partial charge on any atom is -0.255 e. The lowest BCUT2D eigenvalue weighted by Crippen LogP contribution is -2.20. The standard InChI is InChI=1S/C22H25NOS3/c1-17(2)15-23(26-19-9-5-4-6-10-19)16-20-12-13-22(25-20)18-8-7-11-21(14-18)27(3)24/h4-14,17H,15-16H2,1-3H3. The molecule has 5 heteroatoms. The van der Waals surface area contributed by atoms with E-state index in [0.717, 1.165) is 23.5 Å². The van der Waals surface area contributed by atoms with Crippen molar-refractivity contribution < 1.29 is 4.21 Å². The van der Waals surface area contributed by atoms with Gasteiger partial charge >= 0.3 is 0 Å². The maximum atomic E-state index is 11.8. The molecule has 0 aliphatic heterocycles. The number of hydrogen-bond acceptors (Lipinski definition) is 4. The molecule has 27 heavy (non-hydrogen) atoms. The van der Waals surface area contributed by atoms with Crippen molar-refractivity contribution in [3.05, 3.63) is 71.6 Å². The third-order valence-corrected chi connectivity index (χ3v) is 7.05. The Morgan fingerprint density at radius 2 is 1.81 bits per heavy atom. The molecule has 0 aliphatic carbocycles. The fourth-order valence-corrected chi connectivity index (χ4v) is 5.61. The lowest BCUT2D eigenvalue weighted by molar-refractivity contribution is 0.404. The van der Waals surface area contributed by atoms with Crippen LogP contribution in [0.15, 0.2) is 76.5 Å². The second kappa shape index (κ2) is 9.69. The molecule has 0 saturated heterocycles. The summed E-state index contributed by atoms with van der Waals surface area (Å²) in [6.45, 7) is 6.47. The van der Waals surface area contributed by atoms with E-state index in [1.807, 2.05) is 41.5 Å². The van der Waals surface area contributed by atoms with Crippen LogP contribution in [0, 0.1) is 5.92 Å². The molecule has 3 rings (SSSR count). The number of benzene rings is 2. The van der Waals surface area contributed by atoms with Crippen molar-refractivity contribution in [3.63, 3.8) is 0 Å². The Morgan fingerprint density at radius 3 is 2.52 bits per heavy atom. The average molecular weight is 416 g/mol. The summed E-state index contributed by atoms with van der Waals surface area (Å²) in [5, 5.41) is 0. The second-order valence-corrected chi connectivity index (χ2v) is 10.6. The lowest BCUT2D eigenvalue weighted by atomic mass is 10.2. The van der Waals surface area contributed by atoms with Crippen LogP contribution in [0.4, 0.5) is 0 Å². The van der Waals surface area contributed by atoms with Gasteiger partial charge in [0.15, 0.2) is 0 Å². The van der Waals surface area contributed by atoms with Crippen LogP contribution in [0.5, 0.6) is 0 Å². The molecule has 2 nitrogen and oxygen atoms in total. The van der Waals surface area contributed by atoms with E-state index < -0.39 is 10.8 Å². The maximum Gasteiger partial charge on any atom is 0.0498 e. The van der Waals surface area contributed by atoms with E-state index in [4.69, 9.17) is 0 Å². The zero-order chi connectivity index (χ0) is 19.2. The van der Waals surface area contributed by atoms with E-state index in [9.17, 15) is 4.21 Å². The highest BCUT2D eigenvalue weighted by molar-refractivity contribution is 7.97. The first-order valence-corrected chi connectivity index (χ1v) is 12.2. The molecule has 2 aromatic carbocycles. The lowest BCUT2D eigenvalue weighted by Gasteiger charge is -2.22. The average Bonchev–Trinajstić information content (AvgIpc) is 3.10. The summed E-state index contributed by atoms with van der Waals surface area (Å²) in [6.07, 6.45) is 1.73. The molecule has 0 spiro atoms. The van der Waals surface area contributed by atoms with Gasteiger partial charge in [-0.1, -0.05) is 44.2 Å². The van der Waals surface area contributed by atoms with E-state index >= 15 is 0 Å². The van der Waals surface area contributed by atoms with Gasteiger partial charge in [0.05, 0.1) is 0 Å². The van der Waals surface area contributed by atoms with Gasteiger partial charge in [-0.05, 0) is 59.8 Å². The highest BCUT2D eigenvalue weighted by Crippen LogP contribution is 2.32. The third-order valence-electron chi connectivity index (χ3n) is 3.99. The highest BCUT2D eigenvalue weighted by Gasteiger charge is 2.13. The van der Waals surface area contributed by atoms with Gasteiger partial charge in [-0.2, -0.15) is 0 Å². The zero-order valence-corrected chi connectivity index (χ0v) is 18.4. The fourth-order valence-electron chi connectivity index (χ4n) is 2.79. The fraction of sp³-hybridized carbons (Fsp3) is 0.273. The first kappa shape index (κ1) is 20.3. The van der Waals surface area contributed by atoms with Gasteiger partial charge in [0.2, 0.25) is 0 Å². The van der Waals surface area contributed by atoms with Crippen LogP contribution in [-0.4, -0.2) is 21.3 Å². The molecule has 0 bridgehead atoms. The molecular formula is C22H25NOS3. The van der Waals surface area contributed by atoms with Gasteiger partial charge in [0.25, 0.3) is 0 Å². The first-order valence-electron chi connectivity index (χ1n) is 9.02. The molecule has 142 valence electrons. The molecule has 0 fully saturated rings. The Hall–Kier alpha value is -1.40. The smallest absolute Gasteiger partial charge is 0.0498 e. The monoisotopic (exact) mass is 415 g/mol. The minimum atomic E-state index is -0.952. The Kier molecular flexibility index (Phi) is 7.30. The van der Waals surface area contributed by atoms with Gasteiger partial charge in [0, 0.05) is 49.7 Å². The third kappa shape index (κ3) is 6.04. The van der Waals surface area contributed by atoms with Gasteiger partial charge in [-0.3, -0.25) is 4.21 Å². The van der Waals surface area contributed by atoms with Gasteiger partial charge in [0.1, 0.15) is 0 Å². The molecule has 3 aromatic rings. The molecule has 1 atom stereocenters. The predicted molar refractivity (Wildman–Crippen MR) is 120 cm³/mol. The van der Waals surface area contributed by atoms with Crippen LogP contribution in [0.25, 0.3) is 10.4 Å². The SMILES string of the molecule is CC(C)CN(Cc1ccc(-c2cccc(S(C)=O)c2)s1)Sc1ccccc1. The number of hydrogen-bond donors (Lipinski definition) is 0. The summed E-state index contributed by atoms with van der Waals surface area (Å²) in [5.74, 6) is 0.608. The molecule has 1 aromatic heterocycles. The number of thiophene rings is 1. The van der Waals surface area contributed by atoms with Crippen LogP contribution < -0.4 is 0 Å². The largest absolute Gasteiger partial charge is 0.255 e. The van der Waals surface area contributed by atoms with E-state index in [2.05, 4.69) is 66.7 Å². The minimum absolute atomic E-state index is 0.608. The van der Waals surface area contributed by atoms with Crippen molar-refractivity contribution in [1.29, 1.82) is 0 Å². The van der Waals surface area contributed by atoms with Crippen molar-refractivity contribution in [2.75, 3.05) is 12.8 Å². The van der Waals surface area contributed by atoms with Gasteiger partial charge < -0.3 is 0 Å². The quantitative estimate of drug-likeness (QED) is 0.402. The van der Waals surface area contributed by atoms with Crippen LogP contribution in [0.3, 0.4) is 0 Å². The molecule has 1 unspecified atom stereocenters. The molecule has 0 radical (unpaired) electrons. The molecule has 0 amide bonds. The number of nitrogens with zero attached hydrogens (tertiary/aromatic N) is 1. The van der Waals surface area contributed by atoms with Gasteiger partial charge in [-0.15, -0.1) is 11.3 Å². The maximum absolute atomic E-state index is 11.8. The summed E-state index contributed by atoms with van der Waals surface area (Å²) in [7, 11) is -0.952. The normalized spacial score (nSPS) is 12.6. The summed E-state index contributed by atoms with van der Waals surface area (Å²) >= 11 is 3.64.